The lowest BCUT2D eigenvalue weighted by Gasteiger charge is -2.43. The van der Waals surface area contributed by atoms with Gasteiger partial charge in [-0.05, 0) is 68.3 Å². The third-order valence-electron chi connectivity index (χ3n) is 7.03. The first kappa shape index (κ1) is 22.4. The highest BCUT2D eigenvalue weighted by Gasteiger charge is 2.39. The predicted octanol–water partition coefficient (Wildman–Crippen LogP) is 4.49. The monoisotopic (exact) mass is 437 g/mol. The fourth-order valence-corrected chi connectivity index (χ4v) is 5.25. The first-order valence-corrected chi connectivity index (χ1v) is 11.4. The third-order valence-corrected chi connectivity index (χ3v) is 7.03. The number of likely N-dealkylation sites (tertiary alicyclic amines) is 1. The molecule has 4 nitrogen and oxygen atoms in total. The molecule has 1 aliphatic carbocycles. The van der Waals surface area contributed by atoms with Crippen LogP contribution in [0.5, 0.6) is 0 Å². The van der Waals surface area contributed by atoms with Crippen molar-refractivity contribution >= 4 is 5.91 Å². The molecule has 4 rings (SSSR count). The molecule has 6 heteroatoms. The van der Waals surface area contributed by atoms with E-state index in [-0.39, 0.29) is 18.4 Å². The van der Waals surface area contributed by atoms with Crippen LogP contribution in [-0.4, -0.2) is 36.0 Å². The molecule has 1 heterocycles. The molecule has 2 aromatic carbocycles. The van der Waals surface area contributed by atoms with E-state index in [0.717, 1.165) is 69.3 Å². The molecule has 32 heavy (non-hydrogen) atoms. The quantitative estimate of drug-likeness (QED) is 0.750. The van der Waals surface area contributed by atoms with Gasteiger partial charge in [0.05, 0.1) is 17.9 Å². The van der Waals surface area contributed by atoms with Gasteiger partial charge in [-0.1, -0.05) is 36.4 Å². The van der Waals surface area contributed by atoms with Gasteiger partial charge in [0.25, 0.3) is 0 Å². The van der Waals surface area contributed by atoms with Crippen LogP contribution in [0.3, 0.4) is 0 Å². The van der Waals surface area contributed by atoms with E-state index >= 15 is 0 Å². The van der Waals surface area contributed by atoms with Crippen LogP contribution in [0, 0.1) is 23.0 Å². The molecule has 1 unspecified atom stereocenters. The Morgan fingerprint density at radius 2 is 1.84 bits per heavy atom. The lowest BCUT2D eigenvalue weighted by atomic mass is 9.69. The molecule has 1 aliphatic heterocycles. The highest BCUT2D eigenvalue weighted by molar-refractivity contribution is 5.78. The molecular weight excluding hydrogens is 408 g/mol. The number of carbonyl (C=O) groups is 1. The maximum Gasteiger partial charge on any atom is 0.224 e. The average Bonchev–Trinajstić information content (AvgIpc) is 2.82. The van der Waals surface area contributed by atoms with Crippen molar-refractivity contribution in [3.63, 3.8) is 0 Å². The van der Waals surface area contributed by atoms with Gasteiger partial charge in [-0.2, -0.15) is 5.26 Å². The smallest absolute Gasteiger partial charge is 0.224 e. The van der Waals surface area contributed by atoms with E-state index < -0.39 is 17.0 Å². The van der Waals surface area contributed by atoms with Gasteiger partial charge < -0.3 is 5.32 Å². The van der Waals surface area contributed by atoms with E-state index in [2.05, 4.69) is 28.4 Å². The number of nitriles is 1. The van der Waals surface area contributed by atoms with Gasteiger partial charge in [-0.15, -0.1) is 0 Å². The zero-order valence-electron chi connectivity index (χ0n) is 18.2. The number of nitrogens with zero attached hydrogens (tertiary/aromatic N) is 2. The van der Waals surface area contributed by atoms with Crippen molar-refractivity contribution < 1.29 is 13.6 Å². The molecule has 0 radical (unpaired) electrons. The zero-order chi connectivity index (χ0) is 22.6. The second-order valence-corrected chi connectivity index (χ2v) is 9.12. The molecule has 1 amide bonds. The van der Waals surface area contributed by atoms with Crippen LogP contribution < -0.4 is 5.32 Å². The number of hydrogen-bond donors (Lipinski definition) is 1. The Morgan fingerprint density at radius 3 is 2.53 bits per heavy atom. The summed E-state index contributed by atoms with van der Waals surface area (Å²) in [5.41, 5.74) is 1.18. The molecule has 1 saturated heterocycles. The van der Waals surface area contributed by atoms with Gasteiger partial charge in [-0.3, -0.25) is 9.69 Å². The maximum atomic E-state index is 13.4. The van der Waals surface area contributed by atoms with Crippen LogP contribution in [-0.2, 0) is 16.6 Å². The van der Waals surface area contributed by atoms with Crippen molar-refractivity contribution in [3.05, 3.63) is 71.3 Å². The molecule has 1 atom stereocenters. The minimum Gasteiger partial charge on any atom is -0.352 e. The number of hydrogen-bond acceptors (Lipinski definition) is 3. The van der Waals surface area contributed by atoms with Crippen molar-refractivity contribution in [2.45, 2.75) is 62.4 Å². The minimum atomic E-state index is -0.930. The second kappa shape index (κ2) is 9.79. The number of halogens is 2. The first-order chi connectivity index (χ1) is 15.5. The van der Waals surface area contributed by atoms with Crippen molar-refractivity contribution in [1.82, 2.24) is 10.2 Å². The van der Waals surface area contributed by atoms with Crippen molar-refractivity contribution in [3.8, 4) is 6.07 Å². The lowest BCUT2D eigenvalue weighted by Crippen LogP contribution is -2.52. The molecule has 2 aliphatic rings. The van der Waals surface area contributed by atoms with Gasteiger partial charge in [0.2, 0.25) is 5.91 Å². The van der Waals surface area contributed by atoms with Crippen LogP contribution in [0.25, 0.3) is 0 Å². The van der Waals surface area contributed by atoms with E-state index in [4.69, 9.17) is 0 Å². The Morgan fingerprint density at radius 1 is 1.09 bits per heavy atom. The van der Waals surface area contributed by atoms with Crippen LogP contribution in [0.15, 0.2) is 48.5 Å². The van der Waals surface area contributed by atoms with Crippen molar-refractivity contribution in [1.29, 1.82) is 5.26 Å². The zero-order valence-corrected chi connectivity index (χ0v) is 18.2. The minimum absolute atomic E-state index is 0.0406. The number of rotatable bonds is 5. The van der Waals surface area contributed by atoms with Crippen LogP contribution >= 0.6 is 0 Å². The topological polar surface area (TPSA) is 56.1 Å². The Labute approximate surface area is 188 Å². The second-order valence-electron chi connectivity index (χ2n) is 9.12. The fourth-order valence-electron chi connectivity index (χ4n) is 5.25. The highest BCUT2D eigenvalue weighted by atomic mass is 19.2. The third kappa shape index (κ3) is 4.99. The molecule has 0 aromatic heterocycles. The summed E-state index contributed by atoms with van der Waals surface area (Å²) in [4.78, 5) is 14.9. The van der Waals surface area contributed by atoms with Gasteiger partial charge in [0.15, 0.2) is 11.6 Å². The SMILES string of the molecule is N#CC1(c2ccccc2)CCC(N2CCCC(NC(=O)Cc3ccc(F)c(F)c3)C2)CC1. The number of nitrogens with one attached hydrogen (secondary N) is 1. The van der Waals surface area contributed by atoms with E-state index in [1.165, 1.54) is 6.07 Å². The predicted molar refractivity (Wildman–Crippen MR) is 119 cm³/mol. The first-order valence-electron chi connectivity index (χ1n) is 11.4. The Balaban J connectivity index is 1.31. The Hall–Kier alpha value is -2.78. The lowest BCUT2D eigenvalue weighted by molar-refractivity contribution is -0.121. The van der Waals surface area contributed by atoms with Gasteiger partial charge >= 0.3 is 0 Å². The molecule has 0 spiro atoms. The summed E-state index contributed by atoms with van der Waals surface area (Å²) in [6.07, 6.45) is 5.60. The number of carbonyl (C=O) groups excluding carboxylic acids is 1. The largest absolute Gasteiger partial charge is 0.352 e. The van der Waals surface area contributed by atoms with Gasteiger partial charge in [0.1, 0.15) is 0 Å². The maximum absolute atomic E-state index is 13.4. The Kier molecular flexibility index (Phi) is 6.86. The van der Waals surface area contributed by atoms with Gasteiger partial charge in [-0.25, -0.2) is 8.78 Å². The molecule has 1 saturated carbocycles. The highest BCUT2D eigenvalue weighted by Crippen LogP contribution is 2.40. The molecular formula is C26H29F2N3O. The number of piperidine rings is 1. The number of benzene rings is 2. The molecule has 168 valence electrons. The summed E-state index contributed by atoms with van der Waals surface area (Å²) in [6, 6.07) is 16.8. The summed E-state index contributed by atoms with van der Waals surface area (Å²) in [5.74, 6) is -2.00. The summed E-state index contributed by atoms with van der Waals surface area (Å²) in [7, 11) is 0. The summed E-state index contributed by atoms with van der Waals surface area (Å²) < 4.78 is 26.5. The summed E-state index contributed by atoms with van der Waals surface area (Å²) >= 11 is 0. The molecule has 1 N–H and O–H groups in total. The fraction of sp³-hybridized carbons (Fsp3) is 0.462. The van der Waals surface area contributed by atoms with Gasteiger partial charge in [0, 0.05) is 18.6 Å². The van der Waals surface area contributed by atoms with Crippen molar-refractivity contribution in [2.24, 2.45) is 0 Å². The van der Waals surface area contributed by atoms with Crippen LogP contribution in [0.1, 0.15) is 49.7 Å². The summed E-state index contributed by atoms with van der Waals surface area (Å²) in [5, 5.41) is 13.0. The van der Waals surface area contributed by atoms with E-state index in [1.54, 1.807) is 0 Å². The van der Waals surface area contributed by atoms with E-state index in [1.807, 2.05) is 18.2 Å². The van der Waals surface area contributed by atoms with Crippen LogP contribution in [0.4, 0.5) is 8.78 Å². The normalized spacial score (nSPS) is 26.3. The summed E-state index contributed by atoms with van der Waals surface area (Å²) in [6.45, 7) is 1.80. The van der Waals surface area contributed by atoms with E-state index in [0.29, 0.717) is 11.6 Å². The molecule has 2 aromatic rings. The Bertz CT molecular complexity index is 980. The average molecular weight is 438 g/mol. The molecule has 0 bridgehead atoms. The van der Waals surface area contributed by atoms with E-state index in [9.17, 15) is 18.8 Å². The van der Waals surface area contributed by atoms with Crippen molar-refractivity contribution in [2.75, 3.05) is 13.1 Å². The standard InChI is InChI=1S/C26H29F2N3O/c27-23-9-8-19(15-24(23)28)16-25(32)30-21-7-4-14-31(17-21)22-10-12-26(18-29,13-11-22)20-5-2-1-3-6-20/h1-3,5-6,8-9,15,21-22H,4,7,10-14,16-17H2,(H,30,32). The number of amides is 1. The molecule has 2 fully saturated rings. The van der Waals surface area contributed by atoms with Crippen LogP contribution in [0.2, 0.25) is 0 Å².